The summed E-state index contributed by atoms with van der Waals surface area (Å²) in [6.45, 7) is 3.86. The first-order valence-electron chi connectivity index (χ1n) is 14.2. The number of nitrogens with zero attached hydrogens (tertiary/aromatic N) is 1. The number of hydrogen-bond acceptors (Lipinski definition) is 10. The molecule has 3 aromatic rings. The molecule has 0 unspecified atom stereocenters. The number of methoxy groups -OCH3 is 1. The van der Waals surface area contributed by atoms with Gasteiger partial charge in [-0.3, -0.25) is 5.43 Å². The van der Waals surface area contributed by atoms with Crippen molar-refractivity contribution in [3.05, 3.63) is 95.3 Å². The summed E-state index contributed by atoms with van der Waals surface area (Å²) in [5.41, 5.74) is 5.68. The Morgan fingerprint density at radius 3 is 2.38 bits per heavy atom. The molecule has 3 aromatic carbocycles. The Kier molecular flexibility index (Phi) is 12.7. The maximum Gasteiger partial charge on any atom is 0.337 e. The summed E-state index contributed by atoms with van der Waals surface area (Å²) in [6, 6.07) is 14.0. The van der Waals surface area contributed by atoms with Gasteiger partial charge in [-0.15, -0.1) is 0 Å². The SMILES string of the molecule is CCOc1cc([C@H]2NC(=O)NC(C)=C2C(=O)OC)ccc1OC[C@H](O)N/N=C\c1cc(I)c(OCc2ccc(C(=O)O)cc2)c(I)c1. The van der Waals surface area contributed by atoms with Crippen LogP contribution in [0.5, 0.6) is 17.2 Å². The van der Waals surface area contributed by atoms with E-state index in [4.69, 9.17) is 24.1 Å². The van der Waals surface area contributed by atoms with Gasteiger partial charge >= 0.3 is 18.0 Å². The highest BCUT2D eigenvalue weighted by atomic mass is 127. The maximum absolute atomic E-state index is 12.5. The Bertz CT molecular complexity index is 1670. The van der Waals surface area contributed by atoms with Gasteiger partial charge in [-0.1, -0.05) is 18.2 Å². The first-order chi connectivity index (χ1) is 22.5. The van der Waals surface area contributed by atoms with E-state index in [1.165, 1.54) is 19.2 Å². The summed E-state index contributed by atoms with van der Waals surface area (Å²) < 4.78 is 24.2. The van der Waals surface area contributed by atoms with Crippen molar-refractivity contribution in [2.75, 3.05) is 20.3 Å². The Morgan fingerprint density at radius 2 is 1.74 bits per heavy atom. The molecule has 2 amide bonds. The molecule has 0 aromatic heterocycles. The molecule has 5 N–H and O–H groups in total. The molecule has 2 atom stereocenters. The Hall–Kier alpha value is -4.10. The average molecular weight is 870 g/mol. The predicted octanol–water partition coefficient (Wildman–Crippen LogP) is 4.69. The van der Waals surface area contributed by atoms with Crippen LogP contribution in [0.3, 0.4) is 0 Å². The minimum atomic E-state index is -1.16. The van der Waals surface area contributed by atoms with E-state index >= 15 is 0 Å². The molecule has 0 bridgehead atoms. The van der Waals surface area contributed by atoms with E-state index in [-0.39, 0.29) is 24.4 Å². The van der Waals surface area contributed by atoms with Gasteiger partial charge in [0.1, 0.15) is 19.0 Å². The lowest BCUT2D eigenvalue weighted by Gasteiger charge is -2.28. The summed E-state index contributed by atoms with van der Waals surface area (Å²) in [7, 11) is 1.27. The molecule has 0 fully saturated rings. The normalized spacial score (nSPS) is 15.0. The van der Waals surface area contributed by atoms with Gasteiger partial charge in [0.25, 0.3) is 0 Å². The smallest absolute Gasteiger partial charge is 0.337 e. The van der Waals surface area contributed by atoms with Gasteiger partial charge in [0, 0.05) is 5.70 Å². The molecule has 248 valence electrons. The lowest BCUT2D eigenvalue weighted by Crippen LogP contribution is -2.45. The number of aliphatic hydroxyl groups is 1. The number of carboxylic acid groups (broad SMARTS) is 1. The number of aromatic carboxylic acids is 1. The van der Waals surface area contributed by atoms with Gasteiger partial charge in [-0.2, -0.15) is 5.10 Å². The van der Waals surface area contributed by atoms with Crippen LogP contribution in [-0.4, -0.2) is 60.9 Å². The number of benzene rings is 3. The summed E-state index contributed by atoms with van der Waals surface area (Å²) in [5.74, 6) is -0.161. The van der Waals surface area contributed by atoms with Crippen molar-refractivity contribution in [1.82, 2.24) is 16.1 Å². The first-order valence-corrected chi connectivity index (χ1v) is 16.3. The highest BCUT2D eigenvalue weighted by Gasteiger charge is 2.32. The Balaban J connectivity index is 1.36. The molecule has 1 aliphatic heterocycles. The van der Waals surface area contributed by atoms with Crippen molar-refractivity contribution >= 4 is 69.4 Å². The Morgan fingerprint density at radius 1 is 1.04 bits per heavy atom. The fraction of sp³-hybridized carbons (Fsp3) is 0.250. The number of amides is 2. The third kappa shape index (κ3) is 9.48. The number of allylic oxidation sites excluding steroid dienone is 1. The highest BCUT2D eigenvalue weighted by molar-refractivity contribution is 14.1. The lowest BCUT2D eigenvalue weighted by molar-refractivity contribution is -0.136. The highest BCUT2D eigenvalue weighted by Crippen LogP contribution is 2.35. The van der Waals surface area contributed by atoms with Crippen LogP contribution < -0.4 is 30.3 Å². The molecule has 47 heavy (non-hydrogen) atoms. The molecule has 1 heterocycles. The molecule has 1 aliphatic rings. The second kappa shape index (κ2) is 16.6. The van der Waals surface area contributed by atoms with Crippen molar-refractivity contribution in [2.45, 2.75) is 32.7 Å². The monoisotopic (exact) mass is 870 g/mol. The quantitative estimate of drug-likeness (QED) is 0.0503. The van der Waals surface area contributed by atoms with Gasteiger partial charge in [0.2, 0.25) is 0 Å². The average Bonchev–Trinajstić information content (AvgIpc) is 3.03. The van der Waals surface area contributed by atoms with E-state index in [9.17, 15) is 19.5 Å². The number of halogens is 2. The van der Waals surface area contributed by atoms with E-state index in [2.05, 4.69) is 66.3 Å². The molecule has 15 heteroatoms. The summed E-state index contributed by atoms with van der Waals surface area (Å²) in [4.78, 5) is 35.7. The number of carbonyl (C=O) groups is 3. The Labute approximate surface area is 298 Å². The topological polar surface area (TPSA) is 177 Å². The van der Waals surface area contributed by atoms with Crippen LogP contribution in [0, 0.1) is 7.14 Å². The van der Waals surface area contributed by atoms with Gasteiger partial charge in [-0.05, 0) is 112 Å². The number of carboxylic acids is 1. The number of hydrazone groups is 1. The summed E-state index contributed by atoms with van der Waals surface area (Å²) in [6.07, 6.45) is 0.401. The van der Waals surface area contributed by atoms with E-state index in [0.29, 0.717) is 35.1 Å². The van der Waals surface area contributed by atoms with Gasteiger partial charge in [-0.25, -0.2) is 14.4 Å². The maximum atomic E-state index is 12.5. The molecule has 4 rings (SSSR count). The van der Waals surface area contributed by atoms with Crippen LogP contribution in [0.15, 0.2) is 71.0 Å². The first kappa shape index (κ1) is 35.7. The van der Waals surface area contributed by atoms with Crippen molar-refractivity contribution in [3.8, 4) is 17.2 Å². The van der Waals surface area contributed by atoms with Crippen molar-refractivity contribution in [3.63, 3.8) is 0 Å². The van der Waals surface area contributed by atoms with E-state index in [1.54, 1.807) is 50.4 Å². The van der Waals surface area contributed by atoms with E-state index in [1.807, 2.05) is 12.1 Å². The van der Waals surface area contributed by atoms with Crippen LogP contribution in [0.2, 0.25) is 0 Å². The molecule has 0 saturated carbocycles. The third-order valence-corrected chi connectivity index (χ3v) is 8.32. The number of rotatable bonds is 14. The third-order valence-electron chi connectivity index (χ3n) is 6.71. The predicted molar refractivity (Wildman–Crippen MR) is 189 cm³/mol. The van der Waals surface area contributed by atoms with Gasteiger partial charge in [0.05, 0.1) is 44.3 Å². The number of urea groups is 1. The molecule has 0 saturated heterocycles. The largest absolute Gasteiger partial charge is 0.490 e. The van der Waals surface area contributed by atoms with Gasteiger partial charge in [0.15, 0.2) is 17.7 Å². The zero-order valence-electron chi connectivity index (χ0n) is 25.5. The number of carbonyl (C=O) groups excluding carboxylic acids is 2. The molecule has 0 radical (unpaired) electrons. The summed E-state index contributed by atoms with van der Waals surface area (Å²) in [5, 5.41) is 29.0. The number of hydrogen-bond donors (Lipinski definition) is 5. The number of nitrogens with one attached hydrogen (secondary N) is 3. The van der Waals surface area contributed by atoms with Crippen molar-refractivity contribution < 1.29 is 43.5 Å². The van der Waals surface area contributed by atoms with Crippen LogP contribution >= 0.6 is 45.2 Å². The second-order valence-electron chi connectivity index (χ2n) is 10.0. The van der Waals surface area contributed by atoms with Crippen LogP contribution in [0.4, 0.5) is 4.79 Å². The van der Waals surface area contributed by atoms with Crippen molar-refractivity contribution in [1.29, 1.82) is 0 Å². The molecular weight excluding hydrogens is 838 g/mol. The number of esters is 1. The zero-order valence-corrected chi connectivity index (χ0v) is 29.8. The summed E-state index contributed by atoms with van der Waals surface area (Å²) >= 11 is 4.34. The number of ether oxygens (including phenoxy) is 4. The minimum Gasteiger partial charge on any atom is -0.490 e. The fourth-order valence-corrected chi connectivity index (χ4v) is 6.64. The second-order valence-corrected chi connectivity index (χ2v) is 12.3. The van der Waals surface area contributed by atoms with E-state index in [0.717, 1.165) is 18.3 Å². The van der Waals surface area contributed by atoms with Gasteiger partial charge < -0.3 is 39.8 Å². The number of aliphatic hydroxyl groups excluding tert-OH is 1. The standard InChI is InChI=1S/C32H32I2N4O9/c1-4-45-25-13-21(28-27(31(42)44-3)17(2)36-32(43)37-28)9-10-24(25)46-16-26(39)38-35-14-19-11-22(33)29(23(34)12-19)47-15-18-5-7-20(8-6-18)30(40)41/h5-14,26,28,38-39H,4,15-16H2,1-3H3,(H,40,41)(H2,36,37,43)/b35-14-/t26-,28+/m0/s1. The van der Waals surface area contributed by atoms with Crippen LogP contribution in [-0.2, 0) is 16.1 Å². The molecule has 13 nitrogen and oxygen atoms in total. The lowest BCUT2D eigenvalue weighted by atomic mass is 9.95. The molecule has 0 aliphatic carbocycles. The van der Waals surface area contributed by atoms with Crippen molar-refractivity contribution in [2.24, 2.45) is 5.10 Å². The minimum absolute atomic E-state index is 0.164. The van der Waals surface area contributed by atoms with Crippen LogP contribution in [0.25, 0.3) is 0 Å². The molecule has 0 spiro atoms. The van der Waals surface area contributed by atoms with Crippen LogP contribution in [0.1, 0.15) is 46.9 Å². The van der Waals surface area contributed by atoms with E-state index < -0.39 is 30.2 Å². The molecular formula is C32H32I2N4O9. The zero-order chi connectivity index (χ0) is 34.1. The fourth-order valence-electron chi connectivity index (χ4n) is 4.51.